The molecule has 1 aromatic carbocycles. The predicted octanol–water partition coefficient (Wildman–Crippen LogP) is 3.60. The van der Waals surface area contributed by atoms with E-state index in [1.807, 2.05) is 0 Å². The zero-order valence-corrected chi connectivity index (χ0v) is 9.77. The molecule has 0 atom stereocenters. The van der Waals surface area contributed by atoms with Crippen LogP contribution in [-0.4, -0.2) is 12.9 Å². The summed E-state index contributed by atoms with van der Waals surface area (Å²) >= 11 is 3.00. The summed E-state index contributed by atoms with van der Waals surface area (Å²) in [7, 11) is 1.34. The lowest BCUT2D eigenvalue weighted by atomic mass is 10.1. The molecule has 0 amide bonds. The maximum absolute atomic E-state index is 12.5. The molecule has 0 bridgehead atoms. The second kappa shape index (κ2) is 4.70. The van der Waals surface area contributed by atoms with E-state index in [1.165, 1.54) is 26.2 Å². The average molecular weight is 279 g/mol. The fourth-order valence-corrected chi connectivity index (χ4v) is 1.90. The van der Waals surface area contributed by atoms with Crippen molar-refractivity contribution < 1.29 is 18.3 Å². The van der Waals surface area contributed by atoms with Gasteiger partial charge >= 0.3 is 0 Å². The minimum Gasteiger partial charge on any atom is -0.495 e. The van der Waals surface area contributed by atoms with Crippen LogP contribution in [0.15, 0.2) is 16.6 Å². The lowest BCUT2D eigenvalue weighted by molar-refractivity contribution is 0.101. The quantitative estimate of drug-likeness (QED) is 0.790. The first kappa shape index (κ1) is 12.1. The number of carbonyl (C=O) groups excluding carboxylic acids is 1. The second-order valence-electron chi connectivity index (χ2n) is 2.91. The SMILES string of the molecule is COc1c(C(C)=O)ccc(C(F)F)c1Br. The van der Waals surface area contributed by atoms with Gasteiger partial charge in [0.15, 0.2) is 5.78 Å². The lowest BCUT2D eigenvalue weighted by Gasteiger charge is -2.11. The van der Waals surface area contributed by atoms with Crippen LogP contribution in [0.3, 0.4) is 0 Å². The number of rotatable bonds is 3. The van der Waals surface area contributed by atoms with E-state index in [1.54, 1.807) is 0 Å². The number of alkyl halides is 2. The molecule has 0 aliphatic carbocycles. The van der Waals surface area contributed by atoms with Gasteiger partial charge in [-0.05, 0) is 28.9 Å². The van der Waals surface area contributed by atoms with Gasteiger partial charge < -0.3 is 4.74 Å². The molecular formula is C10H9BrF2O2. The van der Waals surface area contributed by atoms with Crippen LogP contribution < -0.4 is 4.74 Å². The number of benzene rings is 1. The molecule has 0 aromatic heterocycles. The van der Waals surface area contributed by atoms with Gasteiger partial charge in [-0.25, -0.2) is 8.78 Å². The minimum absolute atomic E-state index is 0.132. The molecule has 15 heavy (non-hydrogen) atoms. The fraction of sp³-hybridized carbons (Fsp3) is 0.300. The first-order valence-electron chi connectivity index (χ1n) is 4.14. The highest BCUT2D eigenvalue weighted by atomic mass is 79.9. The number of hydrogen-bond donors (Lipinski definition) is 0. The Labute approximate surface area is 94.4 Å². The van der Waals surface area contributed by atoms with E-state index in [-0.39, 0.29) is 27.1 Å². The van der Waals surface area contributed by atoms with Crippen molar-refractivity contribution in [3.63, 3.8) is 0 Å². The van der Waals surface area contributed by atoms with Gasteiger partial charge in [-0.1, -0.05) is 6.07 Å². The molecule has 0 N–H and O–H groups in total. The summed E-state index contributed by atoms with van der Waals surface area (Å²) in [5.74, 6) is -0.0753. The smallest absolute Gasteiger partial charge is 0.265 e. The van der Waals surface area contributed by atoms with E-state index in [4.69, 9.17) is 4.74 Å². The second-order valence-corrected chi connectivity index (χ2v) is 3.70. The minimum atomic E-state index is -2.60. The zero-order valence-electron chi connectivity index (χ0n) is 8.18. The predicted molar refractivity (Wildman–Crippen MR) is 55.7 cm³/mol. The third-order valence-electron chi connectivity index (χ3n) is 1.95. The van der Waals surface area contributed by atoms with E-state index >= 15 is 0 Å². The van der Waals surface area contributed by atoms with E-state index < -0.39 is 6.43 Å². The molecule has 0 radical (unpaired) electrons. The first-order chi connectivity index (χ1) is 6.99. The van der Waals surface area contributed by atoms with Gasteiger partial charge in [0.25, 0.3) is 6.43 Å². The first-order valence-corrected chi connectivity index (χ1v) is 4.93. The number of ether oxygens (including phenoxy) is 1. The summed E-state index contributed by atoms with van der Waals surface area (Å²) in [5.41, 5.74) is 0.102. The molecule has 0 unspecified atom stereocenters. The normalized spacial score (nSPS) is 10.5. The fourth-order valence-electron chi connectivity index (χ4n) is 1.22. The Morgan fingerprint density at radius 2 is 2.07 bits per heavy atom. The molecule has 0 spiro atoms. The van der Waals surface area contributed by atoms with Crippen LogP contribution in [0.25, 0.3) is 0 Å². The van der Waals surface area contributed by atoms with Crippen molar-refractivity contribution in [2.24, 2.45) is 0 Å². The Hall–Kier alpha value is -0.970. The topological polar surface area (TPSA) is 26.3 Å². The number of Topliss-reactive ketones (excluding diaryl/α,β-unsaturated/α-hetero) is 1. The van der Waals surface area contributed by atoms with E-state index in [2.05, 4.69) is 15.9 Å². The van der Waals surface area contributed by atoms with E-state index in [9.17, 15) is 13.6 Å². The van der Waals surface area contributed by atoms with Gasteiger partial charge in [-0.15, -0.1) is 0 Å². The lowest BCUT2D eigenvalue weighted by Crippen LogP contribution is -2.00. The third-order valence-corrected chi connectivity index (χ3v) is 2.76. The molecule has 0 aliphatic rings. The Morgan fingerprint density at radius 3 is 2.47 bits per heavy atom. The van der Waals surface area contributed by atoms with Crippen LogP contribution in [0.1, 0.15) is 29.3 Å². The molecule has 0 heterocycles. The van der Waals surface area contributed by atoms with Gasteiger partial charge in [0.2, 0.25) is 0 Å². The highest BCUT2D eigenvalue weighted by molar-refractivity contribution is 9.10. The highest BCUT2D eigenvalue weighted by Gasteiger charge is 2.19. The number of halogens is 3. The standard InChI is InChI=1S/C10H9BrF2O2/c1-5(14)6-3-4-7(10(12)13)8(11)9(6)15-2/h3-4,10H,1-2H3. The summed E-state index contributed by atoms with van der Waals surface area (Å²) in [4.78, 5) is 11.2. The Morgan fingerprint density at radius 1 is 1.47 bits per heavy atom. The molecule has 5 heteroatoms. The summed E-state index contributed by atoms with van der Waals surface area (Å²) in [6, 6.07) is 2.56. The molecule has 0 fully saturated rings. The van der Waals surface area contributed by atoms with Crippen LogP contribution in [0, 0.1) is 0 Å². The Bertz CT molecular complexity index is 391. The van der Waals surface area contributed by atoms with Gasteiger partial charge in [-0.3, -0.25) is 4.79 Å². The van der Waals surface area contributed by atoms with Crippen LogP contribution >= 0.6 is 15.9 Å². The largest absolute Gasteiger partial charge is 0.495 e. The van der Waals surface area contributed by atoms with Crippen molar-refractivity contribution >= 4 is 21.7 Å². The Kier molecular flexibility index (Phi) is 3.79. The van der Waals surface area contributed by atoms with E-state index in [0.717, 1.165) is 0 Å². The van der Waals surface area contributed by atoms with Crippen molar-refractivity contribution in [1.29, 1.82) is 0 Å². The van der Waals surface area contributed by atoms with Crippen molar-refractivity contribution in [3.8, 4) is 5.75 Å². The highest BCUT2D eigenvalue weighted by Crippen LogP contribution is 2.37. The number of ketones is 1. The number of hydrogen-bond acceptors (Lipinski definition) is 2. The van der Waals surface area contributed by atoms with E-state index in [0.29, 0.717) is 0 Å². The van der Waals surface area contributed by atoms with Gasteiger partial charge in [0, 0.05) is 5.56 Å². The van der Waals surface area contributed by atoms with Crippen LogP contribution in [0.5, 0.6) is 5.75 Å². The number of carbonyl (C=O) groups is 1. The van der Waals surface area contributed by atoms with Crippen LogP contribution in [-0.2, 0) is 0 Å². The maximum Gasteiger partial charge on any atom is 0.265 e. The summed E-state index contributed by atoms with van der Waals surface area (Å²) in [6.07, 6.45) is -2.60. The van der Waals surface area contributed by atoms with Gasteiger partial charge in [0.1, 0.15) is 5.75 Å². The Balaban J connectivity index is 3.39. The summed E-state index contributed by atoms with van der Waals surface area (Å²) in [6.45, 7) is 1.35. The molecule has 0 saturated heterocycles. The average Bonchev–Trinajstić information content (AvgIpc) is 2.16. The molecule has 82 valence electrons. The molecule has 1 aromatic rings. The molecule has 0 aliphatic heterocycles. The van der Waals surface area contributed by atoms with Crippen molar-refractivity contribution in [2.45, 2.75) is 13.3 Å². The van der Waals surface area contributed by atoms with Crippen molar-refractivity contribution in [1.82, 2.24) is 0 Å². The third kappa shape index (κ3) is 2.34. The summed E-state index contributed by atoms with van der Waals surface area (Å²) < 4.78 is 30.1. The molecule has 0 saturated carbocycles. The molecule has 2 nitrogen and oxygen atoms in total. The van der Waals surface area contributed by atoms with Crippen molar-refractivity contribution in [3.05, 3.63) is 27.7 Å². The van der Waals surface area contributed by atoms with Gasteiger partial charge in [-0.2, -0.15) is 0 Å². The van der Waals surface area contributed by atoms with Crippen molar-refractivity contribution in [2.75, 3.05) is 7.11 Å². The van der Waals surface area contributed by atoms with Gasteiger partial charge in [0.05, 0.1) is 17.1 Å². The summed E-state index contributed by atoms with van der Waals surface area (Å²) in [5, 5.41) is 0. The number of methoxy groups -OCH3 is 1. The zero-order chi connectivity index (χ0) is 11.6. The van der Waals surface area contributed by atoms with Crippen LogP contribution in [0.4, 0.5) is 8.78 Å². The monoisotopic (exact) mass is 278 g/mol. The molecular weight excluding hydrogens is 270 g/mol. The molecule has 1 rings (SSSR count). The maximum atomic E-state index is 12.5. The van der Waals surface area contributed by atoms with Crippen LogP contribution in [0.2, 0.25) is 0 Å².